The summed E-state index contributed by atoms with van der Waals surface area (Å²) in [6, 6.07) is 13.5. The number of nitrogens with zero attached hydrogens (tertiary/aromatic N) is 2. The molecule has 0 aliphatic heterocycles. The van der Waals surface area contributed by atoms with Crippen molar-refractivity contribution in [1.29, 1.82) is 0 Å². The highest BCUT2D eigenvalue weighted by molar-refractivity contribution is 7.09. The number of carbonyl (C=O) groups is 1. The van der Waals surface area contributed by atoms with Crippen molar-refractivity contribution >= 4 is 17.2 Å². The van der Waals surface area contributed by atoms with E-state index in [9.17, 15) is 9.18 Å². The molecular formula is C23H25FN2O3S. The Morgan fingerprint density at radius 2 is 2.00 bits per heavy atom. The third-order valence-electron chi connectivity index (χ3n) is 4.46. The molecular weight excluding hydrogens is 403 g/mol. The molecule has 0 saturated carbocycles. The van der Waals surface area contributed by atoms with Gasteiger partial charge < -0.3 is 14.4 Å². The highest BCUT2D eigenvalue weighted by Gasteiger charge is 2.17. The maximum absolute atomic E-state index is 13.2. The number of benzene rings is 2. The van der Waals surface area contributed by atoms with Crippen molar-refractivity contribution in [3.63, 3.8) is 0 Å². The summed E-state index contributed by atoms with van der Waals surface area (Å²) in [5.41, 5.74) is 2.39. The molecule has 0 atom stereocenters. The number of ether oxygens (including phenoxy) is 2. The second kappa shape index (κ2) is 10.8. The van der Waals surface area contributed by atoms with Crippen LogP contribution in [0.2, 0.25) is 0 Å². The average Bonchev–Trinajstić information content (AvgIpc) is 3.19. The Hall–Kier alpha value is -2.77. The van der Waals surface area contributed by atoms with Crippen molar-refractivity contribution in [3.8, 4) is 5.75 Å². The van der Waals surface area contributed by atoms with Crippen molar-refractivity contribution in [2.24, 2.45) is 0 Å². The molecule has 0 N–H and O–H groups in total. The number of carbonyl (C=O) groups excluding carboxylic acids is 1. The first kappa shape index (κ1) is 21.9. The molecule has 7 heteroatoms. The summed E-state index contributed by atoms with van der Waals surface area (Å²) in [7, 11) is 1.63. The maximum atomic E-state index is 13.2. The largest absolute Gasteiger partial charge is 0.486 e. The van der Waals surface area contributed by atoms with Crippen molar-refractivity contribution in [2.75, 3.05) is 20.3 Å². The lowest BCUT2D eigenvalue weighted by molar-refractivity contribution is 0.0721. The van der Waals surface area contributed by atoms with E-state index in [1.807, 2.05) is 36.6 Å². The molecule has 3 aromatic rings. The fourth-order valence-corrected chi connectivity index (χ4v) is 3.66. The average molecular weight is 429 g/mol. The molecule has 0 spiro atoms. The Bertz CT molecular complexity index is 959. The van der Waals surface area contributed by atoms with Gasteiger partial charge >= 0.3 is 0 Å². The maximum Gasteiger partial charge on any atom is 0.254 e. The lowest BCUT2D eigenvalue weighted by Gasteiger charge is -2.22. The zero-order valence-electron chi connectivity index (χ0n) is 17.1. The molecule has 1 heterocycles. The van der Waals surface area contributed by atoms with Gasteiger partial charge in [0.2, 0.25) is 0 Å². The van der Waals surface area contributed by atoms with E-state index in [2.05, 4.69) is 4.98 Å². The minimum absolute atomic E-state index is 0.156. The number of amides is 1. The number of thiazole rings is 1. The van der Waals surface area contributed by atoms with Gasteiger partial charge in [-0.05, 0) is 55.3 Å². The fraction of sp³-hybridized carbons (Fsp3) is 0.304. The summed E-state index contributed by atoms with van der Waals surface area (Å²) < 4.78 is 24.1. The summed E-state index contributed by atoms with van der Waals surface area (Å²) in [5, 5.41) is 2.79. The smallest absolute Gasteiger partial charge is 0.254 e. The van der Waals surface area contributed by atoms with Gasteiger partial charge in [0.25, 0.3) is 5.91 Å². The molecule has 0 aliphatic rings. The number of rotatable bonds is 10. The van der Waals surface area contributed by atoms with Gasteiger partial charge in [-0.3, -0.25) is 4.79 Å². The van der Waals surface area contributed by atoms with E-state index in [-0.39, 0.29) is 11.7 Å². The molecule has 0 aliphatic carbocycles. The van der Waals surface area contributed by atoms with Gasteiger partial charge in [-0.25, -0.2) is 9.37 Å². The molecule has 5 nitrogen and oxygen atoms in total. The molecule has 30 heavy (non-hydrogen) atoms. The summed E-state index contributed by atoms with van der Waals surface area (Å²) in [6.45, 7) is 3.85. The number of aromatic nitrogens is 1. The van der Waals surface area contributed by atoms with Gasteiger partial charge in [-0.2, -0.15) is 0 Å². The van der Waals surface area contributed by atoms with Gasteiger partial charge in [-0.15, -0.1) is 11.3 Å². The van der Waals surface area contributed by atoms with Crippen molar-refractivity contribution in [3.05, 3.63) is 81.6 Å². The molecule has 0 bridgehead atoms. The Balaban J connectivity index is 1.65. The van der Waals surface area contributed by atoms with Crippen LogP contribution in [0.25, 0.3) is 0 Å². The minimum atomic E-state index is -0.366. The lowest BCUT2D eigenvalue weighted by Crippen LogP contribution is -2.32. The van der Waals surface area contributed by atoms with E-state index < -0.39 is 0 Å². The Kier molecular flexibility index (Phi) is 7.93. The van der Waals surface area contributed by atoms with Crippen LogP contribution in [0.1, 0.15) is 33.0 Å². The number of hydrogen-bond donors (Lipinski definition) is 0. The number of halogens is 1. The summed E-state index contributed by atoms with van der Waals surface area (Å²) >= 11 is 1.50. The van der Waals surface area contributed by atoms with E-state index in [0.717, 1.165) is 22.0 Å². The van der Waals surface area contributed by atoms with Crippen LogP contribution in [0.3, 0.4) is 0 Å². The standard InChI is InChI=1S/C23H25FN2O3S/c1-17-5-3-6-21(13-17)29-15-22-25-20(16-30-22)14-26(11-4-12-28-2)23(27)18-7-9-19(24)10-8-18/h3,5-10,13,16H,4,11-12,14-15H2,1-2H3. The van der Waals surface area contributed by atoms with Crippen molar-refractivity contribution in [2.45, 2.75) is 26.5 Å². The predicted molar refractivity (Wildman–Crippen MR) is 115 cm³/mol. The van der Waals surface area contributed by atoms with Crippen LogP contribution in [-0.2, 0) is 17.9 Å². The van der Waals surface area contributed by atoms with Gasteiger partial charge in [-0.1, -0.05) is 12.1 Å². The summed E-state index contributed by atoms with van der Waals surface area (Å²) in [4.78, 5) is 19.2. The van der Waals surface area contributed by atoms with Crippen LogP contribution < -0.4 is 4.74 Å². The third-order valence-corrected chi connectivity index (χ3v) is 5.33. The Labute approximate surface area is 180 Å². The Morgan fingerprint density at radius 1 is 1.20 bits per heavy atom. The molecule has 0 fully saturated rings. The highest BCUT2D eigenvalue weighted by Crippen LogP contribution is 2.18. The monoisotopic (exact) mass is 428 g/mol. The number of hydrogen-bond acceptors (Lipinski definition) is 5. The van der Waals surface area contributed by atoms with Crippen LogP contribution in [0, 0.1) is 12.7 Å². The normalized spacial score (nSPS) is 10.8. The summed E-state index contributed by atoms with van der Waals surface area (Å²) in [6.07, 6.45) is 0.705. The van der Waals surface area contributed by atoms with E-state index in [1.165, 1.54) is 35.6 Å². The zero-order chi connectivity index (χ0) is 21.3. The van der Waals surface area contributed by atoms with Gasteiger partial charge in [0.15, 0.2) is 0 Å². The van der Waals surface area contributed by atoms with E-state index >= 15 is 0 Å². The van der Waals surface area contributed by atoms with Gasteiger partial charge in [0.1, 0.15) is 23.2 Å². The van der Waals surface area contributed by atoms with Crippen molar-refractivity contribution in [1.82, 2.24) is 9.88 Å². The predicted octanol–water partition coefficient (Wildman–Crippen LogP) is 4.85. The van der Waals surface area contributed by atoms with Crippen LogP contribution in [0.4, 0.5) is 4.39 Å². The van der Waals surface area contributed by atoms with Gasteiger partial charge in [0, 0.05) is 31.2 Å². The first-order valence-corrected chi connectivity index (χ1v) is 10.6. The molecule has 0 saturated heterocycles. The highest BCUT2D eigenvalue weighted by atomic mass is 32.1. The Morgan fingerprint density at radius 3 is 2.73 bits per heavy atom. The van der Waals surface area contributed by atoms with E-state index in [0.29, 0.717) is 38.3 Å². The number of methoxy groups -OCH3 is 1. The lowest BCUT2D eigenvalue weighted by atomic mass is 10.2. The molecule has 158 valence electrons. The van der Waals surface area contributed by atoms with E-state index in [1.54, 1.807) is 12.0 Å². The minimum Gasteiger partial charge on any atom is -0.486 e. The van der Waals surface area contributed by atoms with Crippen molar-refractivity contribution < 1.29 is 18.7 Å². The van der Waals surface area contributed by atoms with Crippen LogP contribution in [-0.4, -0.2) is 36.1 Å². The van der Waals surface area contributed by atoms with E-state index in [4.69, 9.17) is 9.47 Å². The second-order valence-corrected chi connectivity index (χ2v) is 7.86. The fourth-order valence-electron chi connectivity index (χ4n) is 2.96. The van der Waals surface area contributed by atoms with Crippen LogP contribution in [0.15, 0.2) is 53.9 Å². The van der Waals surface area contributed by atoms with Crippen LogP contribution >= 0.6 is 11.3 Å². The first-order chi connectivity index (χ1) is 14.5. The van der Waals surface area contributed by atoms with Gasteiger partial charge in [0.05, 0.1) is 12.2 Å². The third kappa shape index (κ3) is 6.37. The second-order valence-electron chi connectivity index (χ2n) is 6.92. The summed E-state index contributed by atoms with van der Waals surface area (Å²) in [5.74, 6) is 0.284. The molecule has 0 unspecified atom stereocenters. The molecule has 3 rings (SSSR count). The quantitative estimate of drug-likeness (QED) is 0.433. The first-order valence-electron chi connectivity index (χ1n) is 9.71. The molecule has 2 aromatic carbocycles. The van der Waals surface area contributed by atoms with Crippen LogP contribution in [0.5, 0.6) is 5.75 Å². The zero-order valence-corrected chi connectivity index (χ0v) is 18.0. The molecule has 1 aromatic heterocycles. The molecule has 1 amide bonds. The molecule has 0 radical (unpaired) electrons. The number of aryl methyl sites for hydroxylation is 1. The topological polar surface area (TPSA) is 51.7 Å². The SMILES string of the molecule is COCCCN(Cc1csc(COc2cccc(C)c2)n1)C(=O)c1ccc(F)cc1.